The lowest BCUT2D eigenvalue weighted by Gasteiger charge is -2.28. The summed E-state index contributed by atoms with van der Waals surface area (Å²) >= 11 is 0. The van der Waals surface area contributed by atoms with Gasteiger partial charge in [0.25, 0.3) is 0 Å². The van der Waals surface area contributed by atoms with E-state index in [4.69, 9.17) is 5.73 Å². The second-order valence-corrected chi connectivity index (χ2v) is 9.45. The quantitative estimate of drug-likeness (QED) is 0.647. The van der Waals surface area contributed by atoms with E-state index in [1.54, 1.807) is 23.1 Å². The number of carbonyl (C=O) groups is 2. The van der Waals surface area contributed by atoms with Crippen LogP contribution in [0.1, 0.15) is 48.5 Å². The SMILES string of the molecule is Nc1ccc2c(n1)CCC2NC(=O)C1CCCN1C(=O)C1CC(Cc2ccc(F)cc2)CN1. The van der Waals surface area contributed by atoms with Gasteiger partial charge in [-0.15, -0.1) is 0 Å². The second-order valence-electron chi connectivity index (χ2n) is 9.45. The van der Waals surface area contributed by atoms with Crippen molar-refractivity contribution in [2.75, 3.05) is 18.8 Å². The van der Waals surface area contributed by atoms with Gasteiger partial charge < -0.3 is 21.3 Å². The van der Waals surface area contributed by atoms with Gasteiger partial charge in [0.1, 0.15) is 17.7 Å². The number of pyridine rings is 1. The molecular formula is C25H30FN5O2. The van der Waals surface area contributed by atoms with Gasteiger partial charge in [0, 0.05) is 12.2 Å². The molecular weight excluding hydrogens is 421 g/mol. The number of halogens is 1. The fourth-order valence-corrected chi connectivity index (χ4v) is 5.51. The molecule has 3 heterocycles. The van der Waals surface area contributed by atoms with Crippen LogP contribution in [0.5, 0.6) is 0 Å². The number of rotatable bonds is 5. The second kappa shape index (κ2) is 9.09. The minimum atomic E-state index is -0.429. The van der Waals surface area contributed by atoms with E-state index in [2.05, 4.69) is 15.6 Å². The van der Waals surface area contributed by atoms with E-state index in [0.717, 1.165) is 55.5 Å². The average Bonchev–Trinajstić information content (AvgIpc) is 3.55. The van der Waals surface area contributed by atoms with E-state index in [1.165, 1.54) is 12.1 Å². The maximum Gasteiger partial charge on any atom is 0.243 e. The first-order valence-corrected chi connectivity index (χ1v) is 11.8. The van der Waals surface area contributed by atoms with Gasteiger partial charge in [0.2, 0.25) is 11.8 Å². The number of anilines is 1. The Hall–Kier alpha value is -3.00. The van der Waals surface area contributed by atoms with Crippen molar-refractivity contribution in [3.8, 4) is 0 Å². The number of aryl methyl sites for hydroxylation is 1. The summed E-state index contributed by atoms with van der Waals surface area (Å²) in [5, 5.41) is 6.50. The molecule has 3 aliphatic rings. The van der Waals surface area contributed by atoms with E-state index in [0.29, 0.717) is 24.7 Å². The van der Waals surface area contributed by atoms with Crippen molar-refractivity contribution in [2.45, 2.75) is 56.7 Å². The summed E-state index contributed by atoms with van der Waals surface area (Å²) in [6.45, 7) is 1.35. The van der Waals surface area contributed by atoms with E-state index in [-0.39, 0.29) is 29.7 Å². The number of aromatic nitrogens is 1. The summed E-state index contributed by atoms with van der Waals surface area (Å²) in [7, 11) is 0. The highest BCUT2D eigenvalue weighted by atomic mass is 19.1. The minimum absolute atomic E-state index is 0.00974. The van der Waals surface area contributed by atoms with Crippen molar-refractivity contribution < 1.29 is 14.0 Å². The molecule has 33 heavy (non-hydrogen) atoms. The topological polar surface area (TPSA) is 100 Å². The van der Waals surface area contributed by atoms with Gasteiger partial charge in [0.05, 0.1) is 12.1 Å². The smallest absolute Gasteiger partial charge is 0.243 e. The largest absolute Gasteiger partial charge is 0.384 e. The molecule has 0 radical (unpaired) electrons. The van der Waals surface area contributed by atoms with Crippen LogP contribution in [-0.2, 0) is 22.4 Å². The number of benzene rings is 1. The zero-order chi connectivity index (χ0) is 22.9. The summed E-state index contributed by atoms with van der Waals surface area (Å²) in [5.74, 6) is 0.493. The highest BCUT2D eigenvalue weighted by Crippen LogP contribution is 2.31. The summed E-state index contributed by atoms with van der Waals surface area (Å²) < 4.78 is 13.2. The highest BCUT2D eigenvalue weighted by Gasteiger charge is 2.40. The Kier molecular flexibility index (Phi) is 6.01. The number of nitrogens with zero attached hydrogens (tertiary/aromatic N) is 2. The van der Waals surface area contributed by atoms with Gasteiger partial charge in [-0.1, -0.05) is 18.2 Å². The van der Waals surface area contributed by atoms with Crippen molar-refractivity contribution in [1.82, 2.24) is 20.5 Å². The van der Waals surface area contributed by atoms with Crippen LogP contribution in [0.2, 0.25) is 0 Å². The molecule has 1 aromatic heterocycles. The minimum Gasteiger partial charge on any atom is -0.384 e. The molecule has 1 aliphatic carbocycles. The molecule has 1 aromatic carbocycles. The van der Waals surface area contributed by atoms with Crippen LogP contribution in [0.4, 0.5) is 10.2 Å². The molecule has 7 nitrogen and oxygen atoms in total. The number of hydrogen-bond donors (Lipinski definition) is 3. The van der Waals surface area contributed by atoms with Crippen molar-refractivity contribution >= 4 is 17.6 Å². The number of likely N-dealkylation sites (tertiary alicyclic amines) is 1. The molecule has 174 valence electrons. The van der Waals surface area contributed by atoms with E-state index in [9.17, 15) is 14.0 Å². The lowest BCUT2D eigenvalue weighted by molar-refractivity contribution is -0.140. The van der Waals surface area contributed by atoms with Crippen molar-refractivity contribution in [2.24, 2.45) is 5.92 Å². The first kappa shape index (κ1) is 21.8. The molecule has 2 aliphatic heterocycles. The molecule has 2 amide bonds. The Labute approximate surface area is 192 Å². The molecule has 2 aromatic rings. The van der Waals surface area contributed by atoms with Crippen LogP contribution >= 0.6 is 0 Å². The summed E-state index contributed by atoms with van der Waals surface area (Å²) in [4.78, 5) is 32.6. The van der Waals surface area contributed by atoms with E-state index >= 15 is 0 Å². The zero-order valence-electron chi connectivity index (χ0n) is 18.6. The number of nitrogens with one attached hydrogen (secondary N) is 2. The first-order valence-electron chi connectivity index (χ1n) is 11.8. The molecule has 8 heteroatoms. The predicted octanol–water partition coefficient (Wildman–Crippen LogP) is 2.12. The van der Waals surface area contributed by atoms with Crippen LogP contribution in [0.25, 0.3) is 0 Å². The Balaban J connectivity index is 1.19. The Morgan fingerprint density at radius 1 is 1.18 bits per heavy atom. The summed E-state index contributed by atoms with van der Waals surface area (Å²) in [5.41, 5.74) is 8.82. The van der Waals surface area contributed by atoms with E-state index in [1.807, 2.05) is 6.07 Å². The lowest BCUT2D eigenvalue weighted by Crippen LogP contribution is -2.51. The van der Waals surface area contributed by atoms with Gasteiger partial charge in [0.15, 0.2) is 0 Å². The standard InChI is InChI=1S/C25H30FN5O2/c26-17-5-3-15(4-6-17)12-16-13-21(28-14-16)25(33)31-11-1-2-22(31)24(32)30-20-9-8-19-18(20)7-10-23(27)29-19/h3-7,10,16,20-22,28H,1-2,8-9,11-14H2,(H2,27,29)(H,30,32). The predicted molar refractivity (Wildman–Crippen MR) is 123 cm³/mol. The molecule has 4 N–H and O–H groups in total. The summed E-state index contributed by atoms with van der Waals surface area (Å²) in [6.07, 6.45) is 4.63. The van der Waals surface area contributed by atoms with Crippen LogP contribution in [0.3, 0.4) is 0 Å². The Morgan fingerprint density at radius 3 is 2.82 bits per heavy atom. The summed E-state index contributed by atoms with van der Waals surface area (Å²) in [6, 6.07) is 9.47. The van der Waals surface area contributed by atoms with E-state index < -0.39 is 6.04 Å². The molecule has 4 atom stereocenters. The number of nitrogen functional groups attached to an aromatic ring is 1. The van der Waals surface area contributed by atoms with Crippen LogP contribution in [0, 0.1) is 11.7 Å². The number of fused-ring (bicyclic) bond motifs is 1. The molecule has 0 saturated carbocycles. The zero-order valence-corrected chi connectivity index (χ0v) is 18.6. The average molecular weight is 452 g/mol. The van der Waals surface area contributed by atoms with Gasteiger partial charge in [-0.05, 0) is 80.3 Å². The third-order valence-corrected chi connectivity index (χ3v) is 7.19. The maximum absolute atomic E-state index is 13.3. The molecule has 4 unspecified atom stereocenters. The number of nitrogens with two attached hydrogens (primary N) is 1. The van der Waals surface area contributed by atoms with Crippen LogP contribution in [0.15, 0.2) is 36.4 Å². The number of carbonyl (C=O) groups excluding carboxylic acids is 2. The third kappa shape index (κ3) is 4.57. The maximum atomic E-state index is 13.3. The van der Waals surface area contributed by atoms with Crippen molar-refractivity contribution in [3.05, 3.63) is 59.0 Å². The monoisotopic (exact) mass is 451 g/mol. The fraction of sp³-hybridized carbons (Fsp3) is 0.480. The molecule has 2 fully saturated rings. The normalized spacial score (nSPS) is 26.4. The van der Waals surface area contributed by atoms with Gasteiger partial charge in [-0.3, -0.25) is 9.59 Å². The fourth-order valence-electron chi connectivity index (χ4n) is 5.51. The third-order valence-electron chi connectivity index (χ3n) is 7.19. The van der Waals surface area contributed by atoms with Gasteiger partial charge in [-0.25, -0.2) is 9.37 Å². The molecule has 0 spiro atoms. The number of hydrogen-bond acceptors (Lipinski definition) is 5. The van der Waals surface area contributed by atoms with Crippen molar-refractivity contribution in [3.63, 3.8) is 0 Å². The highest BCUT2D eigenvalue weighted by molar-refractivity contribution is 5.90. The Bertz CT molecular complexity index is 1040. The molecule has 5 rings (SSSR count). The van der Waals surface area contributed by atoms with Gasteiger partial charge in [-0.2, -0.15) is 0 Å². The van der Waals surface area contributed by atoms with Crippen LogP contribution < -0.4 is 16.4 Å². The molecule has 0 bridgehead atoms. The lowest BCUT2D eigenvalue weighted by atomic mass is 9.96. The first-order chi connectivity index (χ1) is 16.0. The van der Waals surface area contributed by atoms with Gasteiger partial charge >= 0.3 is 0 Å². The molecule has 2 saturated heterocycles. The number of amides is 2. The Morgan fingerprint density at radius 2 is 2.00 bits per heavy atom. The van der Waals surface area contributed by atoms with Crippen molar-refractivity contribution in [1.29, 1.82) is 0 Å². The van der Waals surface area contributed by atoms with Crippen LogP contribution in [-0.4, -0.2) is 46.9 Å².